The molecule has 3 nitrogen and oxygen atoms in total. The molecule has 3 heteroatoms. The van der Waals surface area contributed by atoms with Crippen LogP contribution in [0.2, 0.25) is 0 Å². The average molecular weight is 291 g/mol. The molecule has 0 aliphatic carbocycles. The van der Waals surface area contributed by atoms with Gasteiger partial charge in [0.1, 0.15) is 17.1 Å². The number of hydrogen-bond donors (Lipinski definition) is 1. The molecule has 0 spiro atoms. The molecular weight excluding hydrogens is 262 g/mol. The van der Waals surface area contributed by atoms with Gasteiger partial charge in [0.25, 0.3) is 0 Å². The van der Waals surface area contributed by atoms with Gasteiger partial charge in [-0.1, -0.05) is 27.7 Å². The van der Waals surface area contributed by atoms with Crippen molar-refractivity contribution in [3.8, 4) is 11.5 Å². The highest BCUT2D eigenvalue weighted by Gasteiger charge is 2.37. The highest BCUT2D eigenvalue weighted by atomic mass is 16.5. The molecule has 0 aromatic heterocycles. The molecule has 0 radical (unpaired) electrons. The van der Waals surface area contributed by atoms with E-state index >= 15 is 0 Å². The number of rotatable bonds is 3. The number of ether oxygens (including phenoxy) is 2. The second-order valence-electron chi connectivity index (χ2n) is 7.52. The third-order valence-electron chi connectivity index (χ3n) is 4.03. The lowest BCUT2D eigenvalue weighted by Gasteiger charge is -2.40. The van der Waals surface area contributed by atoms with E-state index in [0.29, 0.717) is 6.04 Å². The minimum atomic E-state index is -0.158. The van der Waals surface area contributed by atoms with Gasteiger partial charge in [-0.15, -0.1) is 0 Å². The Morgan fingerprint density at radius 1 is 1.33 bits per heavy atom. The summed E-state index contributed by atoms with van der Waals surface area (Å²) in [5.74, 6) is 1.94. The molecule has 1 aromatic carbocycles. The zero-order chi connectivity index (χ0) is 15.8. The van der Waals surface area contributed by atoms with Crippen LogP contribution in [0.5, 0.6) is 11.5 Å². The first-order valence-electron chi connectivity index (χ1n) is 7.83. The van der Waals surface area contributed by atoms with Gasteiger partial charge in [-0.25, -0.2) is 0 Å². The Bertz CT molecular complexity index is 515. The summed E-state index contributed by atoms with van der Waals surface area (Å²) in [5, 5.41) is 3.59. The summed E-state index contributed by atoms with van der Waals surface area (Å²) >= 11 is 0. The Balaban J connectivity index is 2.63. The second-order valence-corrected chi connectivity index (χ2v) is 7.52. The Hall–Kier alpha value is -1.22. The van der Waals surface area contributed by atoms with Crippen molar-refractivity contribution in [2.24, 2.45) is 0 Å². The van der Waals surface area contributed by atoms with Gasteiger partial charge < -0.3 is 14.8 Å². The lowest BCUT2D eigenvalue weighted by molar-refractivity contribution is 0.0637. The van der Waals surface area contributed by atoms with Crippen LogP contribution in [0.3, 0.4) is 0 Å². The SMILES string of the molecule is CCNC1CC(C)(C)Oc2c1cc(OC)cc2C(C)(C)C. The van der Waals surface area contributed by atoms with Gasteiger partial charge in [0, 0.05) is 23.6 Å². The molecule has 0 bridgehead atoms. The van der Waals surface area contributed by atoms with Gasteiger partial charge in [-0.3, -0.25) is 0 Å². The smallest absolute Gasteiger partial charge is 0.128 e. The first kappa shape index (κ1) is 16.2. The average Bonchev–Trinajstić information content (AvgIpc) is 2.35. The van der Waals surface area contributed by atoms with E-state index in [9.17, 15) is 0 Å². The Labute approximate surface area is 129 Å². The number of hydrogen-bond acceptors (Lipinski definition) is 3. The Kier molecular flexibility index (Phi) is 4.25. The second kappa shape index (κ2) is 5.53. The molecule has 1 aliphatic heterocycles. The first-order chi connectivity index (χ1) is 9.68. The van der Waals surface area contributed by atoms with Crippen molar-refractivity contribution in [3.63, 3.8) is 0 Å². The fourth-order valence-corrected chi connectivity index (χ4v) is 3.02. The van der Waals surface area contributed by atoms with E-state index in [1.54, 1.807) is 7.11 Å². The van der Waals surface area contributed by atoms with Crippen LogP contribution in [0.1, 0.15) is 65.1 Å². The molecule has 0 saturated heterocycles. The molecule has 1 aromatic rings. The maximum atomic E-state index is 6.36. The zero-order valence-corrected chi connectivity index (χ0v) is 14.5. The topological polar surface area (TPSA) is 30.5 Å². The molecule has 1 aliphatic rings. The van der Waals surface area contributed by atoms with Crippen molar-refractivity contribution in [2.45, 2.75) is 65.0 Å². The van der Waals surface area contributed by atoms with Gasteiger partial charge in [0.2, 0.25) is 0 Å². The molecular formula is C18H29NO2. The molecule has 2 rings (SSSR count). The number of fused-ring (bicyclic) bond motifs is 1. The van der Waals surface area contributed by atoms with Crippen LogP contribution in [0.15, 0.2) is 12.1 Å². The predicted octanol–water partition coefficient (Wildman–Crippen LogP) is 4.20. The monoisotopic (exact) mass is 291 g/mol. The maximum Gasteiger partial charge on any atom is 0.128 e. The van der Waals surface area contributed by atoms with Crippen LogP contribution in [0, 0.1) is 0 Å². The molecule has 0 saturated carbocycles. The number of benzene rings is 1. The highest BCUT2D eigenvalue weighted by molar-refractivity contribution is 5.53. The first-order valence-corrected chi connectivity index (χ1v) is 7.83. The minimum absolute atomic E-state index is 0.0167. The predicted molar refractivity (Wildman–Crippen MR) is 87.4 cm³/mol. The van der Waals surface area contributed by atoms with Crippen LogP contribution >= 0.6 is 0 Å². The summed E-state index contributed by atoms with van der Waals surface area (Å²) in [6, 6.07) is 4.54. The Morgan fingerprint density at radius 3 is 2.52 bits per heavy atom. The third-order valence-corrected chi connectivity index (χ3v) is 4.03. The molecule has 118 valence electrons. The lowest BCUT2D eigenvalue weighted by Crippen LogP contribution is -2.40. The van der Waals surface area contributed by atoms with Gasteiger partial charge in [0.05, 0.1) is 7.11 Å². The van der Waals surface area contributed by atoms with E-state index in [1.807, 2.05) is 0 Å². The van der Waals surface area contributed by atoms with Crippen LogP contribution in [0.4, 0.5) is 0 Å². The maximum absolute atomic E-state index is 6.36. The van der Waals surface area contributed by atoms with Crippen LogP contribution in [-0.2, 0) is 5.41 Å². The number of methoxy groups -OCH3 is 1. The van der Waals surface area contributed by atoms with Crippen molar-refractivity contribution in [3.05, 3.63) is 23.3 Å². The van der Waals surface area contributed by atoms with E-state index in [0.717, 1.165) is 24.5 Å². The van der Waals surface area contributed by atoms with Crippen molar-refractivity contribution >= 4 is 0 Å². The molecule has 0 fully saturated rings. The normalized spacial score (nSPS) is 20.6. The molecule has 1 atom stereocenters. The van der Waals surface area contributed by atoms with Gasteiger partial charge in [-0.2, -0.15) is 0 Å². The highest BCUT2D eigenvalue weighted by Crippen LogP contribution is 2.46. The fourth-order valence-electron chi connectivity index (χ4n) is 3.02. The summed E-state index contributed by atoms with van der Waals surface area (Å²) in [4.78, 5) is 0. The largest absolute Gasteiger partial charge is 0.497 e. The molecule has 21 heavy (non-hydrogen) atoms. The standard InChI is InChI=1S/C18H29NO2/c1-8-19-15-11-18(5,6)21-16-13(15)9-12(20-7)10-14(16)17(2,3)4/h9-10,15,19H,8,11H2,1-7H3. The minimum Gasteiger partial charge on any atom is -0.497 e. The van der Waals surface area contributed by atoms with E-state index in [4.69, 9.17) is 9.47 Å². The fraction of sp³-hybridized carbons (Fsp3) is 0.667. The van der Waals surface area contributed by atoms with E-state index < -0.39 is 0 Å². The summed E-state index contributed by atoms with van der Waals surface area (Å²) in [6.07, 6.45) is 0.963. The van der Waals surface area contributed by atoms with E-state index in [1.165, 1.54) is 11.1 Å². The van der Waals surface area contributed by atoms with Gasteiger partial charge >= 0.3 is 0 Å². The quantitative estimate of drug-likeness (QED) is 0.905. The van der Waals surface area contributed by atoms with E-state index in [2.05, 4.69) is 59.0 Å². The van der Waals surface area contributed by atoms with Gasteiger partial charge in [0.15, 0.2) is 0 Å². The molecule has 1 N–H and O–H groups in total. The van der Waals surface area contributed by atoms with E-state index in [-0.39, 0.29) is 11.0 Å². The van der Waals surface area contributed by atoms with Crippen LogP contribution in [0.25, 0.3) is 0 Å². The van der Waals surface area contributed by atoms with Crippen molar-refractivity contribution in [2.75, 3.05) is 13.7 Å². The third kappa shape index (κ3) is 3.34. The zero-order valence-electron chi connectivity index (χ0n) is 14.5. The van der Waals surface area contributed by atoms with Crippen molar-refractivity contribution in [1.29, 1.82) is 0 Å². The molecule has 1 heterocycles. The lowest BCUT2D eigenvalue weighted by atomic mass is 9.81. The van der Waals surface area contributed by atoms with Crippen LogP contribution < -0.4 is 14.8 Å². The Morgan fingerprint density at radius 2 is 2.00 bits per heavy atom. The summed E-state index contributed by atoms with van der Waals surface area (Å²) in [5.41, 5.74) is 2.30. The molecule has 0 amide bonds. The van der Waals surface area contributed by atoms with Crippen molar-refractivity contribution < 1.29 is 9.47 Å². The summed E-state index contributed by atoms with van der Waals surface area (Å²) in [7, 11) is 1.73. The van der Waals surface area contributed by atoms with Gasteiger partial charge in [-0.05, 0) is 37.9 Å². The number of nitrogens with one attached hydrogen (secondary N) is 1. The van der Waals surface area contributed by atoms with Crippen molar-refractivity contribution in [1.82, 2.24) is 5.32 Å². The summed E-state index contributed by atoms with van der Waals surface area (Å²) in [6.45, 7) is 14.1. The van der Waals surface area contributed by atoms with Crippen LogP contribution in [-0.4, -0.2) is 19.3 Å². The molecule has 1 unspecified atom stereocenters. The summed E-state index contributed by atoms with van der Waals surface area (Å²) < 4.78 is 11.9.